The van der Waals surface area contributed by atoms with Crippen LogP contribution in [0.3, 0.4) is 0 Å². The van der Waals surface area contributed by atoms with E-state index in [1.165, 1.54) is 12.1 Å². The number of nitrogens with one attached hydrogen (secondary N) is 2. The molecule has 0 saturated heterocycles. The van der Waals surface area contributed by atoms with Crippen LogP contribution in [0.1, 0.15) is 21.7 Å². The average Bonchev–Trinajstić information content (AvgIpc) is 2.84. The van der Waals surface area contributed by atoms with Gasteiger partial charge in [0.25, 0.3) is 0 Å². The van der Waals surface area contributed by atoms with Gasteiger partial charge in [0.05, 0.1) is 12.1 Å². The Balaban J connectivity index is 2.01. The molecule has 7 nitrogen and oxygen atoms in total. The average molecular weight is 288 g/mol. The van der Waals surface area contributed by atoms with E-state index >= 15 is 0 Å². The highest BCUT2D eigenvalue weighted by molar-refractivity contribution is 5.93. The van der Waals surface area contributed by atoms with Crippen molar-refractivity contribution in [1.29, 1.82) is 0 Å². The summed E-state index contributed by atoms with van der Waals surface area (Å²) in [5, 5.41) is 14.3. The number of rotatable bonds is 4. The highest BCUT2D eigenvalue weighted by Crippen LogP contribution is 2.16. The fourth-order valence-corrected chi connectivity index (χ4v) is 1.78. The Morgan fingerprint density at radius 3 is 2.76 bits per heavy atom. The zero-order valence-corrected chi connectivity index (χ0v) is 11.8. The van der Waals surface area contributed by atoms with Crippen LogP contribution in [0.15, 0.2) is 30.6 Å². The van der Waals surface area contributed by atoms with Crippen molar-refractivity contribution in [1.82, 2.24) is 14.9 Å². The Morgan fingerprint density at radius 2 is 2.14 bits per heavy atom. The number of carbonyl (C=O) groups is 2. The number of urea groups is 1. The van der Waals surface area contributed by atoms with E-state index in [0.717, 1.165) is 11.4 Å². The lowest BCUT2D eigenvalue weighted by Gasteiger charge is -2.10. The number of imidazole rings is 1. The molecule has 0 atom stereocenters. The van der Waals surface area contributed by atoms with E-state index in [2.05, 4.69) is 15.6 Å². The molecule has 2 rings (SSSR count). The summed E-state index contributed by atoms with van der Waals surface area (Å²) in [4.78, 5) is 26.9. The van der Waals surface area contributed by atoms with Crippen LogP contribution in [0.25, 0.3) is 0 Å². The maximum Gasteiger partial charge on any atom is 0.335 e. The second-order valence-electron chi connectivity index (χ2n) is 4.60. The Kier molecular flexibility index (Phi) is 4.22. The van der Waals surface area contributed by atoms with Crippen molar-refractivity contribution in [2.24, 2.45) is 7.05 Å². The zero-order chi connectivity index (χ0) is 15.4. The molecular formula is C14H16N4O3. The molecule has 0 aliphatic heterocycles. The Labute approximate surface area is 121 Å². The second-order valence-corrected chi connectivity index (χ2v) is 4.60. The van der Waals surface area contributed by atoms with Crippen LogP contribution in [0, 0.1) is 6.92 Å². The monoisotopic (exact) mass is 288 g/mol. The van der Waals surface area contributed by atoms with Crippen LogP contribution in [0.4, 0.5) is 10.5 Å². The molecule has 0 radical (unpaired) electrons. The maximum absolute atomic E-state index is 11.8. The summed E-state index contributed by atoms with van der Waals surface area (Å²) in [5.74, 6) is -0.312. The zero-order valence-electron chi connectivity index (χ0n) is 11.8. The van der Waals surface area contributed by atoms with Crippen molar-refractivity contribution in [3.8, 4) is 0 Å². The SMILES string of the molecule is Cc1ccc(C(=O)O)cc1NC(=O)NCc1nccn1C. The molecule has 0 aliphatic carbocycles. The van der Waals surface area contributed by atoms with Crippen molar-refractivity contribution in [3.05, 3.63) is 47.5 Å². The number of carbonyl (C=O) groups excluding carboxylic acids is 1. The molecule has 0 bridgehead atoms. The summed E-state index contributed by atoms with van der Waals surface area (Å²) in [6, 6.07) is 4.16. The largest absolute Gasteiger partial charge is 0.478 e. The molecule has 0 spiro atoms. The number of hydrogen-bond donors (Lipinski definition) is 3. The Bertz CT molecular complexity index is 679. The number of anilines is 1. The molecule has 0 aliphatic rings. The molecule has 110 valence electrons. The van der Waals surface area contributed by atoms with Crippen LogP contribution >= 0.6 is 0 Å². The number of carboxylic acid groups (broad SMARTS) is 1. The molecule has 0 unspecified atom stereocenters. The van der Waals surface area contributed by atoms with Gasteiger partial charge in [-0.25, -0.2) is 14.6 Å². The summed E-state index contributed by atoms with van der Waals surface area (Å²) in [5.41, 5.74) is 1.37. The third-order valence-electron chi connectivity index (χ3n) is 3.06. The van der Waals surface area contributed by atoms with E-state index in [-0.39, 0.29) is 12.1 Å². The van der Waals surface area contributed by atoms with E-state index in [4.69, 9.17) is 5.11 Å². The highest BCUT2D eigenvalue weighted by atomic mass is 16.4. The fraction of sp³-hybridized carbons (Fsp3) is 0.214. The first-order valence-corrected chi connectivity index (χ1v) is 6.32. The third-order valence-corrected chi connectivity index (χ3v) is 3.06. The molecule has 0 fully saturated rings. The molecule has 0 saturated carbocycles. The summed E-state index contributed by atoms with van der Waals surface area (Å²) in [6.45, 7) is 2.08. The van der Waals surface area contributed by atoms with Crippen LogP contribution in [-0.4, -0.2) is 26.7 Å². The first kappa shape index (κ1) is 14.6. The topological polar surface area (TPSA) is 96.2 Å². The molecule has 2 amide bonds. The van der Waals surface area contributed by atoms with Crippen molar-refractivity contribution >= 4 is 17.7 Å². The van der Waals surface area contributed by atoms with Crippen molar-refractivity contribution in [2.75, 3.05) is 5.32 Å². The van der Waals surface area contributed by atoms with Gasteiger partial charge in [0.1, 0.15) is 5.82 Å². The number of carboxylic acids is 1. The van der Waals surface area contributed by atoms with Crippen LogP contribution in [-0.2, 0) is 13.6 Å². The molecule has 1 heterocycles. The minimum Gasteiger partial charge on any atom is -0.478 e. The van der Waals surface area contributed by atoms with Crippen LogP contribution < -0.4 is 10.6 Å². The number of aromatic carboxylic acids is 1. The van der Waals surface area contributed by atoms with Gasteiger partial charge in [-0.2, -0.15) is 0 Å². The molecule has 7 heteroatoms. The van der Waals surface area contributed by atoms with E-state index in [1.807, 2.05) is 7.05 Å². The van der Waals surface area contributed by atoms with Gasteiger partial charge < -0.3 is 20.3 Å². The van der Waals surface area contributed by atoms with Gasteiger partial charge in [-0.05, 0) is 24.6 Å². The summed E-state index contributed by atoms with van der Waals surface area (Å²) >= 11 is 0. The number of nitrogens with zero attached hydrogens (tertiary/aromatic N) is 2. The molecule has 2 aromatic rings. The van der Waals surface area contributed by atoms with Crippen LogP contribution in [0.5, 0.6) is 0 Å². The van der Waals surface area contributed by atoms with Gasteiger partial charge in [0, 0.05) is 25.1 Å². The smallest absolute Gasteiger partial charge is 0.335 e. The maximum atomic E-state index is 11.8. The van der Waals surface area contributed by atoms with E-state index in [0.29, 0.717) is 5.69 Å². The normalized spacial score (nSPS) is 10.2. The number of hydrogen-bond acceptors (Lipinski definition) is 3. The Hall–Kier alpha value is -2.83. The summed E-state index contributed by atoms with van der Waals surface area (Å²) in [7, 11) is 1.84. The number of benzene rings is 1. The minimum atomic E-state index is -1.04. The Morgan fingerprint density at radius 1 is 1.38 bits per heavy atom. The highest BCUT2D eigenvalue weighted by Gasteiger charge is 2.09. The summed E-state index contributed by atoms with van der Waals surface area (Å²) in [6.07, 6.45) is 3.44. The minimum absolute atomic E-state index is 0.125. The first-order chi connectivity index (χ1) is 9.97. The third kappa shape index (κ3) is 3.59. The van der Waals surface area contributed by atoms with Gasteiger partial charge >= 0.3 is 12.0 Å². The van der Waals surface area contributed by atoms with Crippen molar-refractivity contribution in [2.45, 2.75) is 13.5 Å². The fourth-order valence-electron chi connectivity index (χ4n) is 1.78. The number of amides is 2. The first-order valence-electron chi connectivity index (χ1n) is 6.32. The molecule has 21 heavy (non-hydrogen) atoms. The predicted molar refractivity (Wildman–Crippen MR) is 77.2 cm³/mol. The summed E-state index contributed by atoms with van der Waals surface area (Å²) < 4.78 is 1.80. The number of aryl methyl sites for hydroxylation is 2. The lowest BCUT2D eigenvalue weighted by molar-refractivity contribution is 0.0697. The quantitative estimate of drug-likeness (QED) is 0.798. The van der Waals surface area contributed by atoms with Gasteiger partial charge in [-0.1, -0.05) is 6.07 Å². The van der Waals surface area contributed by atoms with Crippen molar-refractivity contribution in [3.63, 3.8) is 0 Å². The van der Waals surface area contributed by atoms with Gasteiger partial charge in [-0.3, -0.25) is 0 Å². The number of aromatic nitrogens is 2. The van der Waals surface area contributed by atoms with Gasteiger partial charge in [0.15, 0.2) is 0 Å². The second kappa shape index (κ2) is 6.08. The van der Waals surface area contributed by atoms with E-state index < -0.39 is 12.0 Å². The van der Waals surface area contributed by atoms with E-state index in [9.17, 15) is 9.59 Å². The van der Waals surface area contributed by atoms with Crippen molar-refractivity contribution < 1.29 is 14.7 Å². The molecule has 3 N–H and O–H groups in total. The van der Waals surface area contributed by atoms with Crippen LogP contribution in [0.2, 0.25) is 0 Å². The standard InChI is InChI=1S/C14H16N4O3/c1-9-3-4-10(13(19)20)7-11(9)17-14(21)16-8-12-15-5-6-18(12)2/h3-7H,8H2,1-2H3,(H,19,20)(H2,16,17,21). The predicted octanol–water partition coefficient (Wildman–Crippen LogP) is 1.75. The molecule has 1 aromatic heterocycles. The lowest BCUT2D eigenvalue weighted by atomic mass is 10.1. The van der Waals surface area contributed by atoms with Gasteiger partial charge in [0.2, 0.25) is 0 Å². The van der Waals surface area contributed by atoms with Gasteiger partial charge in [-0.15, -0.1) is 0 Å². The molecule has 1 aromatic carbocycles. The lowest BCUT2D eigenvalue weighted by Crippen LogP contribution is -2.29. The van der Waals surface area contributed by atoms with E-state index in [1.54, 1.807) is 30.0 Å². The molecular weight excluding hydrogens is 272 g/mol.